The van der Waals surface area contributed by atoms with E-state index >= 15 is 0 Å². The van der Waals surface area contributed by atoms with Crippen LogP contribution in [0.5, 0.6) is 0 Å². The molecule has 1 heterocycles. The van der Waals surface area contributed by atoms with E-state index in [1.54, 1.807) is 11.8 Å². The van der Waals surface area contributed by atoms with E-state index in [2.05, 4.69) is 26.2 Å². The van der Waals surface area contributed by atoms with Gasteiger partial charge in [-0.2, -0.15) is 0 Å². The van der Waals surface area contributed by atoms with Gasteiger partial charge >= 0.3 is 0 Å². The van der Waals surface area contributed by atoms with Crippen LogP contribution >= 0.6 is 15.9 Å². The first-order valence-corrected chi connectivity index (χ1v) is 5.76. The Kier molecular flexibility index (Phi) is 2.83. The molecule has 1 unspecified atom stereocenters. The number of methoxy groups -OCH3 is 1. The van der Waals surface area contributed by atoms with Crippen LogP contribution in [0, 0.1) is 0 Å². The quantitative estimate of drug-likeness (QED) is 0.898. The molecule has 0 spiro atoms. The SMILES string of the molecule is COC1(C(N)c2c(Br)nnn2C)CCC1. The van der Waals surface area contributed by atoms with Gasteiger partial charge in [-0.25, -0.2) is 4.68 Å². The maximum Gasteiger partial charge on any atom is 0.153 e. The molecule has 2 N–H and O–H groups in total. The van der Waals surface area contributed by atoms with Crippen LogP contribution in [0.2, 0.25) is 0 Å². The van der Waals surface area contributed by atoms with Crippen molar-refractivity contribution in [3.05, 3.63) is 10.3 Å². The Balaban J connectivity index is 2.31. The summed E-state index contributed by atoms with van der Waals surface area (Å²) in [5, 5.41) is 7.87. The third-order valence-electron chi connectivity index (χ3n) is 3.29. The third-order valence-corrected chi connectivity index (χ3v) is 3.86. The Morgan fingerprint density at radius 1 is 1.60 bits per heavy atom. The molecular formula is C9H15BrN4O. The minimum atomic E-state index is -0.224. The molecule has 1 fully saturated rings. The zero-order chi connectivity index (χ0) is 11.1. The van der Waals surface area contributed by atoms with Crippen LogP contribution in [-0.2, 0) is 11.8 Å². The molecule has 84 valence electrons. The lowest BCUT2D eigenvalue weighted by Crippen LogP contribution is -2.49. The van der Waals surface area contributed by atoms with Gasteiger partial charge in [0.2, 0.25) is 0 Å². The molecule has 0 amide bonds. The molecule has 1 aromatic rings. The summed E-state index contributed by atoms with van der Waals surface area (Å²) in [6, 6.07) is -0.175. The number of rotatable bonds is 3. The van der Waals surface area contributed by atoms with E-state index in [0.717, 1.165) is 18.5 Å². The summed E-state index contributed by atoms with van der Waals surface area (Å²) in [5.41, 5.74) is 6.91. The summed E-state index contributed by atoms with van der Waals surface area (Å²) in [7, 11) is 3.56. The van der Waals surface area contributed by atoms with E-state index in [0.29, 0.717) is 4.60 Å². The third kappa shape index (κ3) is 1.60. The van der Waals surface area contributed by atoms with Crippen LogP contribution in [0.3, 0.4) is 0 Å². The second kappa shape index (κ2) is 3.84. The van der Waals surface area contributed by atoms with Crippen LogP contribution < -0.4 is 5.73 Å². The highest BCUT2D eigenvalue weighted by molar-refractivity contribution is 9.10. The van der Waals surface area contributed by atoms with Crippen molar-refractivity contribution in [2.24, 2.45) is 12.8 Å². The van der Waals surface area contributed by atoms with Crippen LogP contribution in [-0.4, -0.2) is 27.7 Å². The lowest BCUT2D eigenvalue weighted by molar-refractivity contribution is -0.0927. The highest BCUT2D eigenvalue weighted by Gasteiger charge is 2.45. The molecule has 5 nitrogen and oxygen atoms in total. The van der Waals surface area contributed by atoms with Gasteiger partial charge in [0.1, 0.15) is 0 Å². The molecule has 1 aromatic heterocycles. The van der Waals surface area contributed by atoms with E-state index in [1.807, 2.05) is 7.05 Å². The first-order chi connectivity index (χ1) is 7.10. The van der Waals surface area contributed by atoms with E-state index in [-0.39, 0.29) is 11.6 Å². The Morgan fingerprint density at radius 3 is 2.60 bits per heavy atom. The van der Waals surface area contributed by atoms with E-state index in [4.69, 9.17) is 10.5 Å². The van der Waals surface area contributed by atoms with Crippen LogP contribution in [0.1, 0.15) is 31.0 Å². The van der Waals surface area contributed by atoms with Crippen molar-refractivity contribution >= 4 is 15.9 Å². The van der Waals surface area contributed by atoms with Crippen molar-refractivity contribution in [3.8, 4) is 0 Å². The number of ether oxygens (including phenoxy) is 1. The molecular weight excluding hydrogens is 260 g/mol. The second-order valence-corrected chi connectivity index (χ2v) is 4.74. The van der Waals surface area contributed by atoms with Gasteiger partial charge in [-0.3, -0.25) is 0 Å². The zero-order valence-corrected chi connectivity index (χ0v) is 10.5. The lowest BCUT2D eigenvalue weighted by atomic mass is 9.74. The average molecular weight is 275 g/mol. The Bertz CT molecular complexity index is 336. The average Bonchev–Trinajstić information content (AvgIpc) is 2.45. The monoisotopic (exact) mass is 274 g/mol. The molecule has 0 radical (unpaired) electrons. The number of halogens is 1. The molecule has 1 aliphatic rings. The number of aromatic nitrogens is 3. The molecule has 2 rings (SSSR count). The minimum absolute atomic E-state index is 0.175. The second-order valence-electron chi connectivity index (χ2n) is 3.99. The van der Waals surface area contributed by atoms with Gasteiger partial charge in [-0.1, -0.05) is 5.21 Å². The fraction of sp³-hybridized carbons (Fsp3) is 0.778. The fourth-order valence-electron chi connectivity index (χ4n) is 2.09. The summed E-state index contributed by atoms with van der Waals surface area (Å²) in [4.78, 5) is 0. The van der Waals surface area contributed by atoms with Crippen molar-refractivity contribution in [1.29, 1.82) is 0 Å². The fourth-order valence-corrected chi connectivity index (χ4v) is 2.66. The largest absolute Gasteiger partial charge is 0.376 e. The summed E-state index contributed by atoms with van der Waals surface area (Å²) < 4.78 is 7.97. The summed E-state index contributed by atoms with van der Waals surface area (Å²) in [6.45, 7) is 0. The minimum Gasteiger partial charge on any atom is -0.376 e. The van der Waals surface area contributed by atoms with Gasteiger partial charge in [0.05, 0.1) is 17.3 Å². The summed E-state index contributed by atoms with van der Waals surface area (Å²) >= 11 is 3.36. The highest BCUT2D eigenvalue weighted by atomic mass is 79.9. The Hall–Kier alpha value is -0.460. The molecule has 0 saturated heterocycles. The highest BCUT2D eigenvalue weighted by Crippen LogP contribution is 2.44. The number of aryl methyl sites for hydroxylation is 1. The summed E-state index contributed by atoms with van der Waals surface area (Å²) in [5.74, 6) is 0. The van der Waals surface area contributed by atoms with Gasteiger partial charge in [-0.15, -0.1) is 5.10 Å². The van der Waals surface area contributed by atoms with Crippen molar-refractivity contribution in [2.45, 2.75) is 30.9 Å². The van der Waals surface area contributed by atoms with Crippen LogP contribution in [0.15, 0.2) is 4.60 Å². The topological polar surface area (TPSA) is 66.0 Å². The zero-order valence-electron chi connectivity index (χ0n) is 8.90. The number of hydrogen-bond donors (Lipinski definition) is 1. The number of hydrogen-bond acceptors (Lipinski definition) is 4. The van der Waals surface area contributed by atoms with Crippen molar-refractivity contribution in [1.82, 2.24) is 15.0 Å². The van der Waals surface area contributed by atoms with Crippen LogP contribution in [0.4, 0.5) is 0 Å². The maximum atomic E-state index is 6.24. The van der Waals surface area contributed by atoms with Crippen molar-refractivity contribution in [2.75, 3.05) is 7.11 Å². The first-order valence-electron chi connectivity index (χ1n) is 4.96. The van der Waals surface area contributed by atoms with Gasteiger partial charge in [0.15, 0.2) is 4.60 Å². The number of nitrogens with two attached hydrogens (primary N) is 1. The van der Waals surface area contributed by atoms with Crippen molar-refractivity contribution in [3.63, 3.8) is 0 Å². The molecule has 0 aromatic carbocycles. The first kappa shape index (κ1) is 11.0. The van der Waals surface area contributed by atoms with E-state index in [9.17, 15) is 0 Å². The van der Waals surface area contributed by atoms with Gasteiger partial charge < -0.3 is 10.5 Å². The molecule has 1 aliphatic carbocycles. The van der Waals surface area contributed by atoms with Crippen LogP contribution in [0.25, 0.3) is 0 Å². The molecule has 15 heavy (non-hydrogen) atoms. The molecule has 0 bridgehead atoms. The van der Waals surface area contributed by atoms with Crippen molar-refractivity contribution < 1.29 is 4.74 Å². The number of nitrogens with zero attached hydrogens (tertiary/aromatic N) is 3. The van der Waals surface area contributed by atoms with E-state index in [1.165, 1.54) is 6.42 Å². The normalized spacial score (nSPS) is 21.1. The smallest absolute Gasteiger partial charge is 0.153 e. The van der Waals surface area contributed by atoms with Gasteiger partial charge in [0, 0.05) is 14.2 Å². The molecule has 0 aliphatic heterocycles. The summed E-state index contributed by atoms with van der Waals surface area (Å²) in [6.07, 6.45) is 3.18. The lowest BCUT2D eigenvalue weighted by Gasteiger charge is -2.44. The standard InChI is InChI=1S/C9H15BrN4O/c1-14-6(8(10)12-13-14)7(11)9(15-2)4-3-5-9/h7H,3-5,11H2,1-2H3. The van der Waals surface area contributed by atoms with E-state index < -0.39 is 0 Å². The van der Waals surface area contributed by atoms with Gasteiger partial charge in [-0.05, 0) is 35.2 Å². The Labute approximate surface area is 97.1 Å². The predicted molar refractivity (Wildman–Crippen MR) is 59.2 cm³/mol. The maximum absolute atomic E-state index is 6.24. The molecule has 1 saturated carbocycles. The molecule has 6 heteroatoms. The predicted octanol–water partition coefficient (Wildman–Crippen LogP) is 1.15. The molecule has 1 atom stereocenters. The van der Waals surface area contributed by atoms with Gasteiger partial charge in [0.25, 0.3) is 0 Å². The Morgan fingerprint density at radius 2 is 2.27 bits per heavy atom.